The number of pyridine rings is 1. The summed E-state index contributed by atoms with van der Waals surface area (Å²) >= 11 is 6.02. The molecule has 1 N–H and O–H groups in total. The molecule has 1 fully saturated rings. The van der Waals surface area contributed by atoms with Crippen LogP contribution in [0.2, 0.25) is 5.15 Å². The maximum absolute atomic E-state index is 9.73. The van der Waals surface area contributed by atoms with Crippen molar-refractivity contribution in [1.82, 2.24) is 14.8 Å². The number of rotatable bonds is 3. The zero-order valence-corrected chi connectivity index (χ0v) is 12.5. The molecular formula is C14H19ClN4O. The second-order valence-electron chi connectivity index (χ2n) is 5.44. The van der Waals surface area contributed by atoms with Crippen LogP contribution in [0.15, 0.2) is 12.3 Å². The third-order valence-corrected chi connectivity index (χ3v) is 4.22. The predicted molar refractivity (Wildman–Crippen MR) is 80.4 cm³/mol. The molecule has 1 saturated heterocycles. The number of hydrogen-bond acceptors (Lipinski definition) is 4. The van der Waals surface area contributed by atoms with Gasteiger partial charge >= 0.3 is 0 Å². The predicted octanol–water partition coefficient (Wildman–Crippen LogP) is 2.63. The Kier molecular flexibility index (Phi) is 3.56. The highest BCUT2D eigenvalue weighted by molar-refractivity contribution is 6.30. The van der Waals surface area contributed by atoms with Crippen molar-refractivity contribution in [1.29, 1.82) is 0 Å². The van der Waals surface area contributed by atoms with Crippen molar-refractivity contribution >= 4 is 28.3 Å². The highest BCUT2D eigenvalue weighted by Gasteiger charge is 2.25. The highest BCUT2D eigenvalue weighted by atomic mass is 35.5. The maximum atomic E-state index is 9.73. The molecule has 2 aromatic rings. The number of aromatic nitrogens is 3. The standard InChI is InChI=1S/C14H19ClN4O/c1-3-9(2)19-12-6-13(15)16-7-11(12)14(17-19)18-5-4-10(20)8-18/h6-7,9-10,20H,3-5,8H2,1-2H3. The summed E-state index contributed by atoms with van der Waals surface area (Å²) in [6.07, 6.45) is 3.31. The molecule has 1 aliphatic heterocycles. The fourth-order valence-corrected chi connectivity index (χ4v) is 2.82. The number of hydrogen-bond donors (Lipinski definition) is 1. The van der Waals surface area contributed by atoms with Crippen LogP contribution in [-0.4, -0.2) is 39.1 Å². The second-order valence-corrected chi connectivity index (χ2v) is 5.83. The van der Waals surface area contributed by atoms with E-state index in [4.69, 9.17) is 16.7 Å². The van der Waals surface area contributed by atoms with Gasteiger partial charge < -0.3 is 10.0 Å². The fraction of sp³-hybridized carbons (Fsp3) is 0.571. The SMILES string of the molecule is CCC(C)n1nc(N2CCC(O)C2)c2cnc(Cl)cc21. The first kappa shape index (κ1) is 13.6. The summed E-state index contributed by atoms with van der Waals surface area (Å²) in [6, 6.07) is 2.17. The van der Waals surface area contributed by atoms with Crippen molar-refractivity contribution in [3.63, 3.8) is 0 Å². The molecule has 0 radical (unpaired) electrons. The van der Waals surface area contributed by atoms with Crippen LogP contribution in [0.25, 0.3) is 10.9 Å². The molecule has 0 bridgehead atoms. The van der Waals surface area contributed by atoms with Crippen molar-refractivity contribution < 1.29 is 5.11 Å². The van der Waals surface area contributed by atoms with Gasteiger partial charge in [0.05, 0.1) is 17.0 Å². The summed E-state index contributed by atoms with van der Waals surface area (Å²) in [5, 5.41) is 16.0. The first-order valence-corrected chi connectivity index (χ1v) is 7.44. The van der Waals surface area contributed by atoms with Crippen LogP contribution in [0.5, 0.6) is 0 Å². The third kappa shape index (κ3) is 2.25. The zero-order chi connectivity index (χ0) is 14.3. The monoisotopic (exact) mass is 294 g/mol. The molecule has 20 heavy (non-hydrogen) atoms. The molecule has 2 aromatic heterocycles. The number of halogens is 1. The van der Waals surface area contributed by atoms with E-state index in [2.05, 4.69) is 23.7 Å². The van der Waals surface area contributed by atoms with Gasteiger partial charge in [0.25, 0.3) is 0 Å². The van der Waals surface area contributed by atoms with Crippen LogP contribution in [0.1, 0.15) is 32.7 Å². The van der Waals surface area contributed by atoms with Crippen LogP contribution in [-0.2, 0) is 0 Å². The van der Waals surface area contributed by atoms with E-state index in [1.165, 1.54) is 0 Å². The van der Waals surface area contributed by atoms with Crippen LogP contribution >= 0.6 is 11.6 Å². The molecule has 6 heteroatoms. The molecule has 3 rings (SSSR count). The smallest absolute Gasteiger partial charge is 0.160 e. The van der Waals surface area contributed by atoms with Gasteiger partial charge in [0.1, 0.15) is 5.15 Å². The van der Waals surface area contributed by atoms with E-state index < -0.39 is 0 Å². The molecule has 0 amide bonds. The largest absolute Gasteiger partial charge is 0.391 e. The normalized spacial score (nSPS) is 20.8. The summed E-state index contributed by atoms with van der Waals surface area (Å²) in [7, 11) is 0. The Bertz CT molecular complexity index is 627. The molecule has 0 spiro atoms. The Morgan fingerprint density at radius 1 is 1.55 bits per heavy atom. The molecule has 2 unspecified atom stereocenters. The van der Waals surface area contributed by atoms with Gasteiger partial charge in [-0.25, -0.2) is 4.98 Å². The molecule has 0 aliphatic carbocycles. The number of aliphatic hydroxyl groups excluding tert-OH is 1. The van der Waals surface area contributed by atoms with Crippen LogP contribution in [0, 0.1) is 0 Å². The molecule has 108 valence electrons. The maximum Gasteiger partial charge on any atom is 0.160 e. The number of nitrogens with zero attached hydrogens (tertiary/aromatic N) is 4. The van der Waals surface area contributed by atoms with Crippen LogP contribution in [0.4, 0.5) is 5.82 Å². The lowest BCUT2D eigenvalue weighted by molar-refractivity contribution is 0.198. The topological polar surface area (TPSA) is 54.2 Å². The molecular weight excluding hydrogens is 276 g/mol. The van der Waals surface area contributed by atoms with Gasteiger partial charge in [0, 0.05) is 31.4 Å². The van der Waals surface area contributed by atoms with Gasteiger partial charge in [-0.2, -0.15) is 5.10 Å². The Morgan fingerprint density at radius 3 is 3.00 bits per heavy atom. The van der Waals surface area contributed by atoms with E-state index in [1.807, 2.05) is 10.7 Å². The summed E-state index contributed by atoms with van der Waals surface area (Å²) in [4.78, 5) is 6.31. The third-order valence-electron chi connectivity index (χ3n) is 4.01. The Morgan fingerprint density at radius 2 is 2.35 bits per heavy atom. The lowest BCUT2D eigenvalue weighted by Gasteiger charge is -2.15. The van der Waals surface area contributed by atoms with E-state index in [9.17, 15) is 5.11 Å². The lowest BCUT2D eigenvalue weighted by atomic mass is 10.2. The van der Waals surface area contributed by atoms with Crippen molar-refractivity contribution in [2.75, 3.05) is 18.0 Å². The lowest BCUT2D eigenvalue weighted by Crippen LogP contribution is -2.22. The minimum atomic E-state index is -0.265. The summed E-state index contributed by atoms with van der Waals surface area (Å²) in [5.41, 5.74) is 1.01. The number of anilines is 1. The van der Waals surface area contributed by atoms with E-state index in [-0.39, 0.29) is 6.10 Å². The number of aliphatic hydroxyl groups is 1. The van der Waals surface area contributed by atoms with Crippen LogP contribution in [0.3, 0.4) is 0 Å². The number of fused-ring (bicyclic) bond motifs is 1. The average Bonchev–Trinajstić information content (AvgIpc) is 3.01. The summed E-state index contributed by atoms with van der Waals surface area (Å²) in [5.74, 6) is 0.904. The van der Waals surface area contributed by atoms with Gasteiger partial charge in [-0.05, 0) is 19.8 Å². The van der Waals surface area contributed by atoms with Crippen molar-refractivity contribution in [2.24, 2.45) is 0 Å². The first-order valence-electron chi connectivity index (χ1n) is 7.07. The zero-order valence-electron chi connectivity index (χ0n) is 11.8. The molecule has 2 atom stereocenters. The van der Waals surface area contributed by atoms with Crippen molar-refractivity contribution in [3.05, 3.63) is 17.4 Å². The van der Waals surface area contributed by atoms with Gasteiger partial charge in [-0.15, -0.1) is 0 Å². The van der Waals surface area contributed by atoms with Gasteiger partial charge in [-0.3, -0.25) is 4.68 Å². The molecule has 0 aromatic carbocycles. The minimum absolute atomic E-state index is 0.265. The Balaban J connectivity index is 2.12. The van der Waals surface area contributed by atoms with Crippen molar-refractivity contribution in [3.8, 4) is 0 Å². The summed E-state index contributed by atoms with van der Waals surface area (Å²) in [6.45, 7) is 5.75. The quantitative estimate of drug-likeness (QED) is 0.884. The van der Waals surface area contributed by atoms with Crippen LogP contribution < -0.4 is 4.90 Å². The second kappa shape index (κ2) is 5.22. The van der Waals surface area contributed by atoms with E-state index >= 15 is 0 Å². The van der Waals surface area contributed by atoms with E-state index in [0.717, 1.165) is 36.1 Å². The first-order chi connectivity index (χ1) is 9.60. The minimum Gasteiger partial charge on any atom is -0.391 e. The van der Waals surface area contributed by atoms with Gasteiger partial charge in [-0.1, -0.05) is 18.5 Å². The Labute approximate surface area is 123 Å². The average molecular weight is 295 g/mol. The fourth-order valence-electron chi connectivity index (χ4n) is 2.67. The van der Waals surface area contributed by atoms with E-state index in [0.29, 0.717) is 17.7 Å². The molecule has 3 heterocycles. The van der Waals surface area contributed by atoms with Gasteiger partial charge in [0.15, 0.2) is 5.82 Å². The number of β-amino-alcohol motifs (C(OH)–C–C–N with tert-alkyl or cyclic N) is 1. The van der Waals surface area contributed by atoms with E-state index in [1.54, 1.807) is 6.20 Å². The van der Waals surface area contributed by atoms with Crippen molar-refractivity contribution in [2.45, 2.75) is 38.8 Å². The van der Waals surface area contributed by atoms with Gasteiger partial charge in [0.2, 0.25) is 0 Å². The molecule has 0 saturated carbocycles. The highest BCUT2D eigenvalue weighted by Crippen LogP contribution is 2.31. The summed E-state index contributed by atoms with van der Waals surface area (Å²) < 4.78 is 2.02. The molecule has 5 nitrogen and oxygen atoms in total. The Hall–Kier alpha value is -1.33. The molecule has 1 aliphatic rings.